The first-order valence-corrected chi connectivity index (χ1v) is 9.02. The van der Waals surface area contributed by atoms with Gasteiger partial charge in [-0.2, -0.15) is 0 Å². The van der Waals surface area contributed by atoms with Crippen molar-refractivity contribution in [1.82, 2.24) is 5.32 Å². The molecule has 0 spiro atoms. The molecule has 0 fully saturated rings. The van der Waals surface area contributed by atoms with Gasteiger partial charge in [-0.3, -0.25) is 4.79 Å². The minimum atomic E-state index is -0.617. The Morgan fingerprint density at radius 2 is 1.62 bits per heavy atom. The Balaban J connectivity index is 1.74. The van der Waals surface area contributed by atoms with Gasteiger partial charge < -0.3 is 24.3 Å². The van der Waals surface area contributed by atoms with E-state index in [1.807, 2.05) is 24.3 Å². The van der Waals surface area contributed by atoms with E-state index >= 15 is 0 Å². The van der Waals surface area contributed by atoms with Crippen molar-refractivity contribution >= 4 is 18.0 Å². The van der Waals surface area contributed by atoms with E-state index in [4.69, 9.17) is 18.9 Å². The number of carbonyl (C=O) groups is 2. The third kappa shape index (κ3) is 7.21. The Morgan fingerprint density at radius 1 is 0.931 bits per heavy atom. The van der Waals surface area contributed by atoms with Crippen LogP contribution in [0.1, 0.15) is 11.1 Å². The first-order valence-electron chi connectivity index (χ1n) is 9.02. The standard InChI is InChI=1S/C22H25NO6/c1-26-18-8-4-16(5-9-18)12-13-23-21(24)15-29-22(25)11-7-17-6-10-19(27-2)14-20(17)28-3/h4-11,14H,12-13,15H2,1-3H3,(H,23,24)/b11-7+. The summed E-state index contributed by atoms with van der Waals surface area (Å²) in [4.78, 5) is 23.6. The highest BCUT2D eigenvalue weighted by atomic mass is 16.5. The zero-order chi connectivity index (χ0) is 21.1. The Labute approximate surface area is 170 Å². The fourth-order valence-corrected chi connectivity index (χ4v) is 2.49. The van der Waals surface area contributed by atoms with E-state index in [1.54, 1.807) is 38.5 Å². The summed E-state index contributed by atoms with van der Waals surface area (Å²) < 4.78 is 20.4. The van der Waals surface area contributed by atoms with Gasteiger partial charge in [0.15, 0.2) is 6.61 Å². The van der Waals surface area contributed by atoms with Gasteiger partial charge >= 0.3 is 5.97 Å². The minimum absolute atomic E-state index is 0.342. The molecule has 0 unspecified atom stereocenters. The molecule has 0 aliphatic carbocycles. The third-order valence-electron chi connectivity index (χ3n) is 4.08. The van der Waals surface area contributed by atoms with Crippen LogP contribution < -0.4 is 19.5 Å². The van der Waals surface area contributed by atoms with Crippen molar-refractivity contribution in [3.8, 4) is 17.2 Å². The van der Waals surface area contributed by atoms with E-state index in [-0.39, 0.29) is 12.5 Å². The number of methoxy groups -OCH3 is 3. The third-order valence-corrected chi connectivity index (χ3v) is 4.08. The molecule has 1 N–H and O–H groups in total. The van der Waals surface area contributed by atoms with E-state index in [2.05, 4.69) is 5.32 Å². The number of ether oxygens (including phenoxy) is 4. The molecule has 1 amide bonds. The van der Waals surface area contributed by atoms with Crippen LogP contribution in [-0.2, 0) is 20.7 Å². The molecule has 2 aromatic rings. The molecular weight excluding hydrogens is 374 g/mol. The van der Waals surface area contributed by atoms with Crippen LogP contribution in [0, 0.1) is 0 Å². The summed E-state index contributed by atoms with van der Waals surface area (Å²) in [6, 6.07) is 12.8. The van der Waals surface area contributed by atoms with Crippen LogP contribution in [-0.4, -0.2) is 46.4 Å². The molecule has 29 heavy (non-hydrogen) atoms. The number of nitrogens with one attached hydrogen (secondary N) is 1. The predicted octanol–water partition coefficient (Wildman–Crippen LogP) is 2.63. The van der Waals surface area contributed by atoms with Gasteiger partial charge in [0.05, 0.1) is 21.3 Å². The quantitative estimate of drug-likeness (QED) is 0.489. The Kier molecular flexibility index (Phi) is 8.56. The van der Waals surface area contributed by atoms with Gasteiger partial charge in [0.2, 0.25) is 0 Å². The summed E-state index contributed by atoms with van der Waals surface area (Å²) in [5.41, 5.74) is 1.76. The van der Waals surface area contributed by atoms with Crippen molar-refractivity contribution in [3.63, 3.8) is 0 Å². The van der Waals surface area contributed by atoms with E-state index in [1.165, 1.54) is 13.2 Å². The van der Waals surface area contributed by atoms with Crippen LogP contribution in [0.3, 0.4) is 0 Å². The highest BCUT2D eigenvalue weighted by Gasteiger charge is 2.06. The fourth-order valence-electron chi connectivity index (χ4n) is 2.49. The molecule has 0 atom stereocenters. The first-order chi connectivity index (χ1) is 14.0. The monoisotopic (exact) mass is 399 g/mol. The molecule has 154 valence electrons. The topological polar surface area (TPSA) is 83.1 Å². The molecule has 7 heteroatoms. The van der Waals surface area contributed by atoms with E-state index in [9.17, 15) is 9.59 Å². The van der Waals surface area contributed by atoms with Crippen LogP contribution in [0.4, 0.5) is 0 Å². The number of esters is 1. The second-order valence-electron chi connectivity index (χ2n) is 6.00. The fraction of sp³-hybridized carbons (Fsp3) is 0.273. The van der Waals surface area contributed by atoms with Crippen LogP contribution >= 0.6 is 0 Å². The zero-order valence-electron chi connectivity index (χ0n) is 16.8. The maximum atomic E-state index is 11.8. The number of hydrogen-bond acceptors (Lipinski definition) is 6. The van der Waals surface area contributed by atoms with Crippen LogP contribution in [0.2, 0.25) is 0 Å². The van der Waals surface area contributed by atoms with Crippen molar-refractivity contribution < 1.29 is 28.5 Å². The SMILES string of the molecule is COc1ccc(CCNC(=O)COC(=O)/C=C/c2ccc(OC)cc2OC)cc1. The first kappa shape index (κ1) is 21.8. The number of rotatable bonds is 10. The molecule has 0 radical (unpaired) electrons. The number of carbonyl (C=O) groups excluding carboxylic acids is 2. The molecule has 0 aromatic heterocycles. The maximum absolute atomic E-state index is 11.8. The summed E-state index contributed by atoms with van der Waals surface area (Å²) in [5, 5.41) is 2.71. The Morgan fingerprint density at radius 3 is 2.28 bits per heavy atom. The van der Waals surface area contributed by atoms with Crippen molar-refractivity contribution in [2.24, 2.45) is 0 Å². The van der Waals surface area contributed by atoms with E-state index in [0.717, 1.165) is 11.3 Å². The van der Waals surface area contributed by atoms with Crippen LogP contribution in [0.5, 0.6) is 17.2 Å². The predicted molar refractivity (Wildman–Crippen MR) is 109 cm³/mol. The van der Waals surface area contributed by atoms with Gasteiger partial charge in [-0.25, -0.2) is 4.79 Å². The maximum Gasteiger partial charge on any atom is 0.331 e. The number of benzene rings is 2. The molecule has 0 heterocycles. The molecule has 0 saturated heterocycles. The zero-order valence-corrected chi connectivity index (χ0v) is 16.8. The lowest BCUT2D eigenvalue weighted by molar-refractivity contribution is -0.143. The summed E-state index contributed by atoms with van der Waals surface area (Å²) in [7, 11) is 4.70. The lowest BCUT2D eigenvalue weighted by atomic mass is 10.1. The highest BCUT2D eigenvalue weighted by Crippen LogP contribution is 2.25. The molecule has 7 nitrogen and oxygen atoms in total. The minimum Gasteiger partial charge on any atom is -0.497 e. The largest absolute Gasteiger partial charge is 0.497 e. The summed E-state index contributed by atoms with van der Waals surface area (Å²) >= 11 is 0. The molecule has 0 bridgehead atoms. The number of amides is 1. The van der Waals surface area contributed by atoms with E-state index < -0.39 is 5.97 Å². The smallest absolute Gasteiger partial charge is 0.331 e. The van der Waals surface area contributed by atoms with Gasteiger partial charge in [-0.1, -0.05) is 12.1 Å². The van der Waals surface area contributed by atoms with E-state index in [0.29, 0.717) is 30.0 Å². The van der Waals surface area contributed by atoms with Crippen LogP contribution in [0.15, 0.2) is 48.5 Å². The van der Waals surface area contributed by atoms with Crippen molar-refractivity contribution in [1.29, 1.82) is 0 Å². The van der Waals surface area contributed by atoms with Crippen molar-refractivity contribution in [2.45, 2.75) is 6.42 Å². The summed E-state index contributed by atoms with van der Waals surface area (Å²) in [5.74, 6) is 1.01. The lowest BCUT2D eigenvalue weighted by Gasteiger charge is -2.07. The summed E-state index contributed by atoms with van der Waals surface area (Å²) in [6.45, 7) is 0.104. The van der Waals surface area contributed by atoms with Gasteiger partial charge in [0, 0.05) is 24.3 Å². The van der Waals surface area contributed by atoms with Gasteiger partial charge in [0.1, 0.15) is 17.2 Å². The van der Waals surface area contributed by atoms with Gasteiger partial charge in [-0.05, 0) is 42.3 Å². The lowest BCUT2D eigenvalue weighted by Crippen LogP contribution is -2.30. The molecular formula is C22H25NO6. The van der Waals surface area contributed by atoms with Gasteiger partial charge in [0.25, 0.3) is 5.91 Å². The second kappa shape index (κ2) is 11.4. The summed E-state index contributed by atoms with van der Waals surface area (Å²) in [6.07, 6.45) is 3.47. The molecule has 0 saturated carbocycles. The average Bonchev–Trinajstić information content (AvgIpc) is 2.76. The normalized spacial score (nSPS) is 10.4. The second-order valence-corrected chi connectivity index (χ2v) is 6.00. The molecule has 0 aliphatic heterocycles. The highest BCUT2D eigenvalue weighted by molar-refractivity contribution is 5.89. The average molecular weight is 399 g/mol. The van der Waals surface area contributed by atoms with Crippen molar-refractivity contribution in [3.05, 3.63) is 59.7 Å². The van der Waals surface area contributed by atoms with Crippen molar-refractivity contribution in [2.75, 3.05) is 34.5 Å². The molecule has 0 aliphatic rings. The Hall–Kier alpha value is -3.48. The van der Waals surface area contributed by atoms with Crippen LogP contribution in [0.25, 0.3) is 6.08 Å². The number of hydrogen-bond donors (Lipinski definition) is 1. The van der Waals surface area contributed by atoms with Gasteiger partial charge in [-0.15, -0.1) is 0 Å². The molecule has 2 aromatic carbocycles. The molecule has 2 rings (SSSR count). The Bertz CT molecular complexity index is 845.